The van der Waals surface area contributed by atoms with Crippen LogP contribution in [0.5, 0.6) is 0 Å². The first-order valence-corrected chi connectivity index (χ1v) is 7.72. The highest BCUT2D eigenvalue weighted by atomic mass is 35.6. The van der Waals surface area contributed by atoms with Gasteiger partial charge in [-0.15, -0.1) is 9.19 Å². The molecule has 108 valence electrons. The van der Waals surface area contributed by atoms with Crippen molar-refractivity contribution in [2.75, 3.05) is 0 Å². The van der Waals surface area contributed by atoms with Crippen LogP contribution >= 0.6 is 46.8 Å². The summed E-state index contributed by atoms with van der Waals surface area (Å²) in [7, 11) is 0. The van der Waals surface area contributed by atoms with Gasteiger partial charge in [-0.25, -0.2) is 9.36 Å². The Bertz CT molecular complexity index is 643. The molecule has 0 radical (unpaired) electrons. The third kappa shape index (κ3) is 3.73. The van der Waals surface area contributed by atoms with Gasteiger partial charge in [-0.05, 0) is 23.6 Å². The molecule has 8 heteroatoms. The van der Waals surface area contributed by atoms with Crippen molar-refractivity contribution in [2.24, 2.45) is 0 Å². The van der Waals surface area contributed by atoms with Crippen LogP contribution in [0.2, 0.25) is 0 Å². The monoisotopic (exact) mass is 351 g/mol. The van der Waals surface area contributed by atoms with E-state index in [1.54, 1.807) is 0 Å². The lowest BCUT2D eigenvalue weighted by Crippen LogP contribution is -2.22. The van der Waals surface area contributed by atoms with E-state index >= 15 is 0 Å². The highest BCUT2D eigenvalue weighted by Gasteiger charge is 2.24. The number of hydrogen-bond donors (Lipinski definition) is 0. The van der Waals surface area contributed by atoms with E-state index in [4.69, 9.17) is 34.8 Å². The molecule has 0 spiro atoms. The van der Waals surface area contributed by atoms with Crippen LogP contribution in [0.25, 0.3) is 5.69 Å². The lowest BCUT2D eigenvalue weighted by Gasteiger charge is -2.08. The number of alkyl halides is 3. The zero-order chi connectivity index (χ0) is 14.9. The maximum Gasteiger partial charge on any atom is 0.361 e. The topological polar surface area (TPSA) is 39.8 Å². The van der Waals surface area contributed by atoms with Gasteiger partial charge < -0.3 is 0 Å². The van der Waals surface area contributed by atoms with E-state index in [0.29, 0.717) is 5.92 Å². The molecular formula is C12H12Cl3N3OS. The minimum Gasteiger partial charge on any atom is -0.249 e. The Morgan fingerprint density at radius 1 is 1.20 bits per heavy atom. The molecule has 1 aromatic heterocycles. The molecule has 1 heterocycles. The molecule has 2 rings (SSSR count). The maximum atomic E-state index is 12.1. The van der Waals surface area contributed by atoms with Gasteiger partial charge in [-0.3, -0.25) is 0 Å². The number of nitrogens with zero attached hydrogens (tertiary/aromatic N) is 3. The van der Waals surface area contributed by atoms with Crippen molar-refractivity contribution >= 4 is 46.8 Å². The van der Waals surface area contributed by atoms with Gasteiger partial charge in [-0.2, -0.15) is 0 Å². The van der Waals surface area contributed by atoms with Gasteiger partial charge >= 0.3 is 5.69 Å². The molecule has 0 N–H and O–H groups in total. The molecule has 0 saturated heterocycles. The number of rotatable bonds is 3. The lowest BCUT2D eigenvalue weighted by atomic mass is 10.0. The summed E-state index contributed by atoms with van der Waals surface area (Å²) in [5.74, 6) is 0.434. The molecule has 0 aliphatic carbocycles. The van der Waals surface area contributed by atoms with Gasteiger partial charge in [-0.1, -0.05) is 60.8 Å². The standard InChI is InChI=1S/C12H12Cl3N3OS/c1-8(2)9-3-5-10(6-4-9)17-7-16-18(11(17)19)20-12(13,14)15/h3-8H,1-2H3. The highest BCUT2D eigenvalue weighted by Crippen LogP contribution is 2.38. The molecule has 0 fully saturated rings. The van der Waals surface area contributed by atoms with E-state index in [1.807, 2.05) is 24.3 Å². The summed E-state index contributed by atoms with van der Waals surface area (Å²) < 4.78 is 0.807. The number of benzene rings is 1. The van der Waals surface area contributed by atoms with Gasteiger partial charge in [0.2, 0.25) is 0 Å². The zero-order valence-electron chi connectivity index (χ0n) is 10.8. The van der Waals surface area contributed by atoms with Gasteiger partial charge in [0.1, 0.15) is 6.33 Å². The Kier molecular flexibility index (Phi) is 4.74. The van der Waals surface area contributed by atoms with Crippen LogP contribution in [0.4, 0.5) is 0 Å². The summed E-state index contributed by atoms with van der Waals surface area (Å²) in [5.41, 5.74) is 1.54. The Hall–Kier alpha value is -0.620. The fraction of sp³-hybridized carbons (Fsp3) is 0.333. The van der Waals surface area contributed by atoms with E-state index in [0.717, 1.165) is 21.7 Å². The Morgan fingerprint density at radius 2 is 1.80 bits per heavy atom. The smallest absolute Gasteiger partial charge is 0.249 e. The van der Waals surface area contributed by atoms with E-state index in [1.165, 1.54) is 16.5 Å². The van der Waals surface area contributed by atoms with Crippen molar-refractivity contribution in [2.45, 2.75) is 22.9 Å². The van der Waals surface area contributed by atoms with E-state index < -0.39 is 3.12 Å². The molecule has 1 aromatic carbocycles. The fourth-order valence-corrected chi connectivity index (χ4v) is 2.69. The molecule has 0 aliphatic heterocycles. The largest absolute Gasteiger partial charge is 0.361 e. The molecule has 0 unspecified atom stereocenters. The fourth-order valence-electron chi connectivity index (χ4n) is 1.65. The van der Waals surface area contributed by atoms with Gasteiger partial charge in [0.25, 0.3) is 3.12 Å². The number of aromatic nitrogens is 3. The number of halogens is 3. The zero-order valence-corrected chi connectivity index (χ0v) is 13.8. The van der Waals surface area contributed by atoms with Crippen molar-refractivity contribution < 1.29 is 0 Å². The molecule has 4 nitrogen and oxygen atoms in total. The number of hydrogen-bond acceptors (Lipinski definition) is 3. The van der Waals surface area contributed by atoms with Gasteiger partial charge in [0, 0.05) is 11.9 Å². The van der Waals surface area contributed by atoms with Crippen LogP contribution in [0.15, 0.2) is 35.4 Å². The van der Waals surface area contributed by atoms with Crippen molar-refractivity contribution in [3.63, 3.8) is 0 Å². The maximum absolute atomic E-state index is 12.1. The second kappa shape index (κ2) is 6.02. The van der Waals surface area contributed by atoms with Crippen LogP contribution < -0.4 is 5.69 Å². The normalized spacial score (nSPS) is 12.1. The first-order valence-electron chi connectivity index (χ1n) is 5.81. The van der Waals surface area contributed by atoms with Gasteiger partial charge in [0.05, 0.1) is 5.69 Å². The first kappa shape index (κ1) is 15.8. The molecule has 0 amide bonds. The van der Waals surface area contributed by atoms with Crippen LogP contribution in [0.3, 0.4) is 0 Å². The molecule has 0 aliphatic rings. The second-order valence-corrected chi connectivity index (χ2v) is 8.53. The summed E-state index contributed by atoms with van der Waals surface area (Å²) >= 11 is 17.6. The molecule has 2 aromatic rings. The van der Waals surface area contributed by atoms with Crippen molar-refractivity contribution in [1.29, 1.82) is 0 Å². The molecule has 0 bridgehead atoms. The van der Waals surface area contributed by atoms with Crippen molar-refractivity contribution in [1.82, 2.24) is 13.8 Å². The molecule has 20 heavy (non-hydrogen) atoms. The van der Waals surface area contributed by atoms with Crippen LogP contribution in [0, 0.1) is 0 Å². The minimum atomic E-state index is -1.63. The molecule has 0 saturated carbocycles. The summed E-state index contributed by atoms with van der Waals surface area (Å²) in [4.78, 5) is 12.1. The van der Waals surface area contributed by atoms with Crippen LogP contribution in [-0.2, 0) is 0 Å². The SMILES string of the molecule is CC(C)c1ccc(-n2cnn(SC(Cl)(Cl)Cl)c2=O)cc1. The third-order valence-electron chi connectivity index (χ3n) is 2.67. The highest BCUT2D eigenvalue weighted by molar-refractivity contribution is 8.03. The minimum absolute atomic E-state index is 0.376. The quantitative estimate of drug-likeness (QED) is 0.784. The summed E-state index contributed by atoms with van der Waals surface area (Å²) in [6, 6.07) is 7.68. The second-order valence-electron chi connectivity index (χ2n) is 4.44. The predicted octanol–water partition coefficient (Wildman–Crippen LogP) is 3.98. The Balaban J connectivity index is 2.32. The van der Waals surface area contributed by atoms with E-state index in [-0.39, 0.29) is 5.69 Å². The van der Waals surface area contributed by atoms with Crippen LogP contribution in [-0.4, -0.2) is 16.9 Å². The molecule has 0 atom stereocenters. The Labute approximate surface area is 135 Å². The summed E-state index contributed by atoms with van der Waals surface area (Å²) in [5, 5.41) is 3.91. The Morgan fingerprint density at radius 3 is 2.30 bits per heavy atom. The lowest BCUT2D eigenvalue weighted by molar-refractivity contribution is 0.863. The molecular weight excluding hydrogens is 341 g/mol. The first-order chi connectivity index (χ1) is 9.28. The third-order valence-corrected chi connectivity index (χ3v) is 3.92. The summed E-state index contributed by atoms with van der Waals surface area (Å²) in [6.07, 6.45) is 1.40. The average molecular weight is 353 g/mol. The average Bonchev–Trinajstić information content (AvgIpc) is 2.69. The van der Waals surface area contributed by atoms with Gasteiger partial charge in [0.15, 0.2) is 0 Å². The van der Waals surface area contributed by atoms with E-state index in [2.05, 4.69) is 18.9 Å². The predicted molar refractivity (Wildman–Crippen MR) is 85.2 cm³/mol. The summed E-state index contributed by atoms with van der Waals surface area (Å²) in [6.45, 7) is 4.22. The van der Waals surface area contributed by atoms with Crippen LogP contribution in [0.1, 0.15) is 25.3 Å². The van der Waals surface area contributed by atoms with Crippen molar-refractivity contribution in [3.8, 4) is 5.69 Å². The van der Waals surface area contributed by atoms with Crippen molar-refractivity contribution in [3.05, 3.63) is 46.6 Å². The van der Waals surface area contributed by atoms with E-state index in [9.17, 15) is 4.79 Å².